The van der Waals surface area contributed by atoms with Crippen molar-refractivity contribution in [2.75, 3.05) is 19.6 Å². The van der Waals surface area contributed by atoms with Gasteiger partial charge in [0.1, 0.15) is 0 Å². The second-order valence-corrected chi connectivity index (χ2v) is 6.08. The number of hydrogen-bond donors (Lipinski definition) is 1. The molecular weight excluding hydrogens is 266 g/mol. The number of likely N-dealkylation sites (tertiary alicyclic amines) is 2. The molecule has 0 radical (unpaired) electrons. The van der Waals surface area contributed by atoms with Crippen LogP contribution in [0.25, 0.3) is 0 Å². The molecule has 0 aromatic rings. The van der Waals surface area contributed by atoms with E-state index < -0.39 is 0 Å². The fraction of sp³-hybridized carbons (Fsp3) is 0.750. The number of nitrogens with one attached hydrogen (secondary N) is 1. The van der Waals surface area contributed by atoms with Gasteiger partial charge in [-0.3, -0.25) is 14.5 Å². The van der Waals surface area contributed by atoms with E-state index in [2.05, 4.69) is 16.8 Å². The van der Waals surface area contributed by atoms with Crippen LogP contribution in [0.1, 0.15) is 39.5 Å². The first-order valence-electron chi connectivity index (χ1n) is 7.97. The summed E-state index contributed by atoms with van der Waals surface area (Å²) in [5.41, 5.74) is 0. The predicted molar refractivity (Wildman–Crippen MR) is 82.8 cm³/mol. The van der Waals surface area contributed by atoms with Crippen LogP contribution < -0.4 is 5.32 Å². The number of nitrogens with zero attached hydrogens (tertiary/aromatic N) is 2. The molecule has 2 amide bonds. The molecule has 2 saturated heterocycles. The minimum absolute atomic E-state index is 0.0502. The summed E-state index contributed by atoms with van der Waals surface area (Å²) in [5, 5.41) is 2.87. The summed E-state index contributed by atoms with van der Waals surface area (Å²) in [6.07, 6.45) is 6.01. The summed E-state index contributed by atoms with van der Waals surface area (Å²) < 4.78 is 0. The molecule has 118 valence electrons. The van der Waals surface area contributed by atoms with E-state index in [1.54, 1.807) is 13.0 Å². The van der Waals surface area contributed by atoms with Crippen LogP contribution in [-0.2, 0) is 9.59 Å². The molecule has 21 heavy (non-hydrogen) atoms. The van der Waals surface area contributed by atoms with Crippen LogP contribution in [0.3, 0.4) is 0 Å². The van der Waals surface area contributed by atoms with Crippen LogP contribution in [0.2, 0.25) is 0 Å². The van der Waals surface area contributed by atoms with Gasteiger partial charge in [-0.1, -0.05) is 6.08 Å². The van der Waals surface area contributed by atoms with Crippen molar-refractivity contribution in [3.05, 3.63) is 12.7 Å². The molecule has 0 spiro atoms. The van der Waals surface area contributed by atoms with Crippen LogP contribution in [0, 0.1) is 0 Å². The highest BCUT2D eigenvalue weighted by Crippen LogP contribution is 2.31. The number of hydrogen-bond acceptors (Lipinski definition) is 3. The molecular formula is C16H27N3O2. The smallest absolute Gasteiger partial charge is 0.237 e. The molecule has 0 aromatic carbocycles. The highest BCUT2D eigenvalue weighted by Gasteiger charge is 2.41. The first kappa shape index (κ1) is 16.0. The van der Waals surface area contributed by atoms with Gasteiger partial charge in [0.25, 0.3) is 0 Å². The fourth-order valence-electron chi connectivity index (χ4n) is 3.76. The summed E-state index contributed by atoms with van der Waals surface area (Å²) in [6.45, 7) is 9.54. The Hall–Kier alpha value is -1.36. The normalized spacial score (nSPS) is 27.6. The Morgan fingerprint density at radius 2 is 1.95 bits per heavy atom. The Morgan fingerprint density at radius 3 is 2.62 bits per heavy atom. The molecule has 3 atom stereocenters. The van der Waals surface area contributed by atoms with Crippen LogP contribution >= 0.6 is 0 Å². The molecule has 1 N–H and O–H groups in total. The minimum atomic E-state index is -0.146. The van der Waals surface area contributed by atoms with E-state index in [1.165, 1.54) is 0 Å². The summed E-state index contributed by atoms with van der Waals surface area (Å²) in [7, 11) is 0. The van der Waals surface area contributed by atoms with Crippen molar-refractivity contribution in [3.8, 4) is 0 Å². The molecule has 2 aliphatic heterocycles. The lowest BCUT2D eigenvalue weighted by atomic mass is 10.0. The Morgan fingerprint density at radius 1 is 1.29 bits per heavy atom. The third kappa shape index (κ3) is 3.46. The molecule has 2 rings (SSSR count). The van der Waals surface area contributed by atoms with Crippen LogP contribution in [0.5, 0.6) is 0 Å². The van der Waals surface area contributed by atoms with Gasteiger partial charge < -0.3 is 10.2 Å². The number of amides is 2. The Balaban J connectivity index is 2.04. The zero-order valence-electron chi connectivity index (χ0n) is 13.2. The first-order valence-corrected chi connectivity index (χ1v) is 7.97. The highest BCUT2D eigenvalue weighted by molar-refractivity contribution is 5.81. The molecule has 5 heteroatoms. The van der Waals surface area contributed by atoms with Crippen LogP contribution in [0.15, 0.2) is 12.7 Å². The van der Waals surface area contributed by atoms with Gasteiger partial charge in [0, 0.05) is 32.1 Å². The molecule has 2 fully saturated rings. The summed E-state index contributed by atoms with van der Waals surface area (Å²) in [5.74, 6) is 0.210. The Bertz CT molecular complexity index is 410. The van der Waals surface area contributed by atoms with E-state index in [0.29, 0.717) is 12.6 Å². The second-order valence-electron chi connectivity index (χ2n) is 6.08. The van der Waals surface area contributed by atoms with Crippen molar-refractivity contribution in [3.63, 3.8) is 0 Å². The van der Waals surface area contributed by atoms with E-state index in [4.69, 9.17) is 0 Å². The number of carbonyl (C=O) groups excluding carboxylic acids is 2. The lowest BCUT2D eigenvalue weighted by molar-refractivity contribution is -0.131. The largest absolute Gasteiger partial charge is 0.351 e. The van der Waals surface area contributed by atoms with Crippen molar-refractivity contribution in [2.24, 2.45) is 0 Å². The van der Waals surface area contributed by atoms with Gasteiger partial charge in [-0.15, -0.1) is 6.58 Å². The molecule has 0 unspecified atom stereocenters. The molecule has 5 nitrogen and oxygen atoms in total. The SMILES string of the molecule is C=CCNC(=O)[C@H](C)N1CCC[C@H]1[C@@H]1CCCN1C(C)=O. The van der Waals surface area contributed by atoms with Crippen molar-refractivity contribution in [1.29, 1.82) is 0 Å². The topological polar surface area (TPSA) is 52.7 Å². The monoisotopic (exact) mass is 293 g/mol. The van der Waals surface area contributed by atoms with Gasteiger partial charge in [0.05, 0.1) is 6.04 Å². The quantitative estimate of drug-likeness (QED) is 0.774. The standard InChI is InChI=1S/C16H27N3O2/c1-4-9-17-16(21)12(2)18-10-5-7-14(18)15-8-6-11-19(15)13(3)20/h4,12,14-15H,1,5-11H2,2-3H3,(H,17,21)/t12-,14-,15-/m0/s1. The molecule has 2 aliphatic rings. The van der Waals surface area contributed by atoms with E-state index in [1.807, 2.05) is 11.8 Å². The number of rotatable bonds is 5. The molecule has 2 heterocycles. The lowest BCUT2D eigenvalue weighted by Gasteiger charge is -2.37. The van der Waals surface area contributed by atoms with Crippen LogP contribution in [-0.4, -0.2) is 59.4 Å². The molecule has 0 saturated carbocycles. The highest BCUT2D eigenvalue weighted by atomic mass is 16.2. The Kier molecular flexibility index (Phi) is 5.39. The zero-order valence-corrected chi connectivity index (χ0v) is 13.2. The third-order valence-electron chi connectivity index (χ3n) is 4.79. The average molecular weight is 293 g/mol. The predicted octanol–water partition coefficient (Wildman–Crippen LogP) is 1.15. The van der Waals surface area contributed by atoms with Gasteiger partial charge in [0.2, 0.25) is 11.8 Å². The van der Waals surface area contributed by atoms with Gasteiger partial charge in [-0.05, 0) is 39.2 Å². The van der Waals surface area contributed by atoms with E-state index >= 15 is 0 Å². The lowest BCUT2D eigenvalue weighted by Crippen LogP contribution is -2.54. The summed E-state index contributed by atoms with van der Waals surface area (Å²) in [6, 6.07) is 0.451. The van der Waals surface area contributed by atoms with E-state index in [-0.39, 0.29) is 23.9 Å². The number of carbonyl (C=O) groups is 2. The maximum Gasteiger partial charge on any atom is 0.237 e. The second kappa shape index (κ2) is 7.07. The maximum absolute atomic E-state index is 12.2. The molecule has 0 aliphatic carbocycles. The zero-order chi connectivity index (χ0) is 15.4. The van der Waals surface area contributed by atoms with Gasteiger partial charge in [-0.2, -0.15) is 0 Å². The average Bonchev–Trinajstić information content (AvgIpc) is 3.10. The summed E-state index contributed by atoms with van der Waals surface area (Å²) >= 11 is 0. The van der Waals surface area contributed by atoms with E-state index in [9.17, 15) is 9.59 Å². The summed E-state index contributed by atoms with van der Waals surface area (Å²) in [4.78, 5) is 28.2. The maximum atomic E-state index is 12.2. The van der Waals surface area contributed by atoms with Gasteiger partial charge in [-0.25, -0.2) is 0 Å². The van der Waals surface area contributed by atoms with Crippen LogP contribution in [0.4, 0.5) is 0 Å². The first-order chi connectivity index (χ1) is 10.1. The molecule has 0 bridgehead atoms. The Labute approximate surface area is 127 Å². The van der Waals surface area contributed by atoms with Gasteiger partial charge >= 0.3 is 0 Å². The fourth-order valence-corrected chi connectivity index (χ4v) is 3.76. The minimum Gasteiger partial charge on any atom is -0.351 e. The van der Waals surface area contributed by atoms with Crippen molar-refractivity contribution >= 4 is 11.8 Å². The molecule has 0 aromatic heterocycles. The van der Waals surface area contributed by atoms with Crippen molar-refractivity contribution < 1.29 is 9.59 Å². The van der Waals surface area contributed by atoms with Gasteiger partial charge in [0.15, 0.2) is 0 Å². The van der Waals surface area contributed by atoms with Crippen molar-refractivity contribution in [1.82, 2.24) is 15.1 Å². The third-order valence-corrected chi connectivity index (χ3v) is 4.79. The van der Waals surface area contributed by atoms with E-state index in [0.717, 1.165) is 38.8 Å². The van der Waals surface area contributed by atoms with Crippen molar-refractivity contribution in [2.45, 2.75) is 57.7 Å².